The second-order valence-electron chi connectivity index (χ2n) is 6.17. The Labute approximate surface area is 149 Å². The first kappa shape index (κ1) is 15.8. The summed E-state index contributed by atoms with van der Waals surface area (Å²) in [5.41, 5.74) is 4.12. The number of hydrogen-bond acceptors (Lipinski definition) is 4. The number of nitrogens with zero attached hydrogens (tertiary/aromatic N) is 5. The summed E-state index contributed by atoms with van der Waals surface area (Å²) < 4.78 is 3.32. The minimum absolute atomic E-state index is 0.0626. The Hall–Kier alpha value is -2.67. The standard InChI is InChI=1S/C17H17ClN6O/c1-9-13(16(18)23(2)21-9)10-8-12(25)20-17-14(10)15(22-24(17)3)11-6-4-5-7-19-11/h4-7,10H,8H2,1-3H3,(H,20,25)/t10-/m1/s1. The summed E-state index contributed by atoms with van der Waals surface area (Å²) >= 11 is 6.49. The lowest BCUT2D eigenvalue weighted by Crippen LogP contribution is -2.25. The lowest BCUT2D eigenvalue weighted by Gasteiger charge is -2.24. The number of fused-ring (bicyclic) bond motifs is 1. The van der Waals surface area contributed by atoms with E-state index < -0.39 is 0 Å². The molecule has 0 spiro atoms. The van der Waals surface area contributed by atoms with Gasteiger partial charge in [0.05, 0.1) is 11.4 Å². The van der Waals surface area contributed by atoms with Crippen LogP contribution in [0.5, 0.6) is 0 Å². The van der Waals surface area contributed by atoms with Crippen LogP contribution in [0.15, 0.2) is 24.4 Å². The summed E-state index contributed by atoms with van der Waals surface area (Å²) in [5.74, 6) is 0.407. The fourth-order valence-corrected chi connectivity index (χ4v) is 3.78. The lowest BCUT2D eigenvalue weighted by molar-refractivity contribution is -0.116. The fourth-order valence-electron chi connectivity index (χ4n) is 3.47. The Balaban J connectivity index is 1.98. The zero-order valence-electron chi connectivity index (χ0n) is 14.1. The summed E-state index contributed by atoms with van der Waals surface area (Å²) in [5, 5.41) is 12.5. The van der Waals surface area contributed by atoms with E-state index in [4.69, 9.17) is 11.6 Å². The largest absolute Gasteiger partial charge is 0.311 e. The van der Waals surface area contributed by atoms with Gasteiger partial charge in [-0.15, -0.1) is 0 Å². The number of rotatable bonds is 2. The highest BCUT2D eigenvalue weighted by Crippen LogP contribution is 2.44. The second-order valence-corrected chi connectivity index (χ2v) is 6.53. The monoisotopic (exact) mass is 356 g/mol. The molecule has 1 atom stereocenters. The van der Waals surface area contributed by atoms with Gasteiger partial charge in [-0.25, -0.2) is 0 Å². The highest BCUT2D eigenvalue weighted by molar-refractivity contribution is 6.30. The van der Waals surface area contributed by atoms with Crippen molar-refractivity contribution in [1.82, 2.24) is 24.5 Å². The molecule has 3 aromatic rings. The number of hydrogen-bond donors (Lipinski definition) is 1. The van der Waals surface area contributed by atoms with E-state index >= 15 is 0 Å². The molecule has 25 heavy (non-hydrogen) atoms. The van der Waals surface area contributed by atoms with Crippen LogP contribution >= 0.6 is 11.6 Å². The van der Waals surface area contributed by atoms with Gasteiger partial charge < -0.3 is 5.32 Å². The van der Waals surface area contributed by atoms with E-state index in [1.54, 1.807) is 22.6 Å². The third-order valence-corrected chi connectivity index (χ3v) is 4.98. The number of aromatic nitrogens is 5. The lowest BCUT2D eigenvalue weighted by atomic mass is 9.85. The minimum atomic E-state index is -0.212. The van der Waals surface area contributed by atoms with Crippen molar-refractivity contribution >= 4 is 23.3 Å². The van der Waals surface area contributed by atoms with E-state index in [1.165, 1.54) is 0 Å². The molecule has 1 aliphatic heterocycles. The van der Waals surface area contributed by atoms with Crippen LogP contribution in [-0.2, 0) is 18.9 Å². The summed E-state index contributed by atoms with van der Waals surface area (Å²) in [7, 11) is 3.61. The zero-order valence-corrected chi connectivity index (χ0v) is 14.9. The predicted molar refractivity (Wildman–Crippen MR) is 94.5 cm³/mol. The molecule has 1 amide bonds. The molecule has 0 bridgehead atoms. The molecule has 0 aromatic carbocycles. The van der Waals surface area contributed by atoms with E-state index in [0.29, 0.717) is 17.4 Å². The first-order valence-corrected chi connectivity index (χ1v) is 8.32. The van der Waals surface area contributed by atoms with Gasteiger partial charge in [-0.1, -0.05) is 17.7 Å². The Morgan fingerprint density at radius 2 is 2.00 bits per heavy atom. The third-order valence-electron chi connectivity index (χ3n) is 4.53. The van der Waals surface area contributed by atoms with Crippen molar-refractivity contribution in [3.8, 4) is 11.4 Å². The quantitative estimate of drug-likeness (QED) is 0.765. The maximum atomic E-state index is 12.3. The molecule has 1 aliphatic rings. The van der Waals surface area contributed by atoms with Gasteiger partial charge in [0.15, 0.2) is 0 Å². The molecule has 3 aromatic heterocycles. The molecule has 8 heteroatoms. The molecule has 0 fully saturated rings. The van der Waals surface area contributed by atoms with Crippen molar-refractivity contribution in [3.63, 3.8) is 0 Å². The molecule has 0 radical (unpaired) electrons. The normalized spacial score (nSPS) is 16.6. The number of aryl methyl sites for hydroxylation is 3. The number of nitrogens with one attached hydrogen (secondary N) is 1. The molecule has 1 N–H and O–H groups in total. The van der Waals surface area contributed by atoms with Crippen molar-refractivity contribution in [2.75, 3.05) is 5.32 Å². The number of pyridine rings is 1. The molecule has 0 saturated heterocycles. The Kier molecular flexibility index (Phi) is 3.61. The number of amides is 1. The topological polar surface area (TPSA) is 77.6 Å². The fraction of sp³-hybridized carbons (Fsp3) is 0.294. The number of carbonyl (C=O) groups excluding carboxylic acids is 1. The van der Waals surface area contributed by atoms with Crippen molar-refractivity contribution in [3.05, 3.63) is 46.4 Å². The van der Waals surface area contributed by atoms with E-state index in [2.05, 4.69) is 20.5 Å². The van der Waals surface area contributed by atoms with Gasteiger partial charge in [-0.05, 0) is 19.1 Å². The third kappa shape index (κ3) is 2.42. The van der Waals surface area contributed by atoms with Gasteiger partial charge in [0, 0.05) is 43.8 Å². The summed E-state index contributed by atoms with van der Waals surface area (Å²) in [6, 6.07) is 5.69. The molecule has 0 unspecified atom stereocenters. The zero-order chi connectivity index (χ0) is 17.7. The van der Waals surface area contributed by atoms with Gasteiger partial charge in [0.2, 0.25) is 5.91 Å². The first-order valence-electron chi connectivity index (χ1n) is 7.94. The smallest absolute Gasteiger partial charge is 0.226 e. The molecule has 0 aliphatic carbocycles. The summed E-state index contributed by atoms with van der Waals surface area (Å²) in [4.78, 5) is 16.7. The van der Waals surface area contributed by atoms with Crippen LogP contribution in [0.25, 0.3) is 11.4 Å². The van der Waals surface area contributed by atoms with Crippen molar-refractivity contribution in [1.29, 1.82) is 0 Å². The average Bonchev–Trinajstić information content (AvgIpc) is 3.05. The Morgan fingerprint density at radius 1 is 1.20 bits per heavy atom. The van der Waals surface area contributed by atoms with Crippen molar-refractivity contribution in [2.45, 2.75) is 19.3 Å². The average molecular weight is 357 g/mol. The molecule has 4 rings (SSSR count). The first-order chi connectivity index (χ1) is 12.0. The number of carbonyl (C=O) groups is 1. The SMILES string of the molecule is Cc1nn(C)c(Cl)c1[C@H]1CC(=O)Nc2c1c(-c1ccccn1)nn2C. The highest BCUT2D eigenvalue weighted by atomic mass is 35.5. The van der Waals surface area contributed by atoms with E-state index in [1.807, 2.05) is 32.2 Å². The van der Waals surface area contributed by atoms with Crippen LogP contribution in [0.1, 0.15) is 29.2 Å². The van der Waals surface area contributed by atoms with Gasteiger partial charge in [0.1, 0.15) is 16.7 Å². The second kappa shape index (κ2) is 5.70. The maximum absolute atomic E-state index is 12.3. The molecular weight excluding hydrogens is 340 g/mol. The molecule has 4 heterocycles. The Morgan fingerprint density at radius 3 is 2.64 bits per heavy atom. The number of anilines is 1. The van der Waals surface area contributed by atoms with Crippen LogP contribution in [0.4, 0.5) is 5.82 Å². The van der Waals surface area contributed by atoms with Crippen molar-refractivity contribution < 1.29 is 4.79 Å². The van der Waals surface area contributed by atoms with E-state index in [-0.39, 0.29) is 11.8 Å². The van der Waals surface area contributed by atoms with E-state index in [0.717, 1.165) is 28.2 Å². The minimum Gasteiger partial charge on any atom is -0.311 e. The highest BCUT2D eigenvalue weighted by Gasteiger charge is 2.36. The van der Waals surface area contributed by atoms with Crippen LogP contribution < -0.4 is 5.32 Å². The van der Waals surface area contributed by atoms with E-state index in [9.17, 15) is 4.79 Å². The van der Waals surface area contributed by atoms with Gasteiger partial charge in [-0.3, -0.25) is 19.1 Å². The number of halogens is 1. The molecule has 128 valence electrons. The predicted octanol–water partition coefficient (Wildman–Crippen LogP) is 2.65. The van der Waals surface area contributed by atoms with Gasteiger partial charge in [0.25, 0.3) is 0 Å². The van der Waals surface area contributed by atoms with Gasteiger partial charge in [-0.2, -0.15) is 10.2 Å². The summed E-state index contributed by atoms with van der Waals surface area (Å²) in [6.45, 7) is 1.91. The van der Waals surface area contributed by atoms with Gasteiger partial charge >= 0.3 is 0 Å². The molecular formula is C17H17ClN6O. The molecule has 0 saturated carbocycles. The molecule has 7 nitrogen and oxygen atoms in total. The van der Waals surface area contributed by atoms with Crippen LogP contribution in [0, 0.1) is 6.92 Å². The Bertz CT molecular complexity index is 975. The summed E-state index contributed by atoms with van der Waals surface area (Å²) in [6.07, 6.45) is 2.03. The maximum Gasteiger partial charge on any atom is 0.226 e. The van der Waals surface area contributed by atoms with Crippen molar-refractivity contribution in [2.24, 2.45) is 14.1 Å². The van der Waals surface area contributed by atoms with Crippen LogP contribution in [-0.4, -0.2) is 30.5 Å². The van der Waals surface area contributed by atoms with Crippen LogP contribution in [0.3, 0.4) is 0 Å². The van der Waals surface area contributed by atoms with Crippen LogP contribution in [0.2, 0.25) is 5.15 Å².